The molecule has 4 rings (SSSR count). The van der Waals surface area contributed by atoms with Gasteiger partial charge in [-0.1, -0.05) is 24.3 Å². The quantitative estimate of drug-likeness (QED) is 0.405. The monoisotopic (exact) mass is 419 g/mol. The Morgan fingerprint density at radius 1 is 1.03 bits per heavy atom. The molecule has 1 N–H and O–H groups in total. The maximum atomic E-state index is 12.4. The van der Waals surface area contributed by atoms with Crippen molar-refractivity contribution in [3.8, 4) is 11.5 Å². The molecule has 0 fully saturated rings. The number of benzene rings is 2. The average molecular weight is 420 g/mol. The number of hydrogen-bond acceptors (Lipinski definition) is 6. The van der Waals surface area contributed by atoms with Gasteiger partial charge in [0, 0.05) is 29.1 Å². The third-order valence-corrected chi connectivity index (χ3v) is 5.06. The van der Waals surface area contributed by atoms with Crippen LogP contribution in [0.25, 0.3) is 10.9 Å². The molecule has 30 heavy (non-hydrogen) atoms. The van der Waals surface area contributed by atoms with Gasteiger partial charge in [-0.15, -0.1) is 11.3 Å². The van der Waals surface area contributed by atoms with Crippen molar-refractivity contribution in [2.45, 2.75) is 13.0 Å². The highest BCUT2D eigenvalue weighted by Gasteiger charge is 2.07. The molecule has 2 aromatic heterocycles. The van der Waals surface area contributed by atoms with Crippen LogP contribution in [0, 0.1) is 0 Å². The number of hydrogen-bond donors (Lipinski definition) is 1. The van der Waals surface area contributed by atoms with Gasteiger partial charge in [-0.05, 0) is 36.8 Å². The maximum Gasteiger partial charge on any atom is 0.251 e. The summed E-state index contributed by atoms with van der Waals surface area (Å²) in [6.45, 7) is 1.39. The van der Waals surface area contributed by atoms with E-state index in [1.807, 2.05) is 47.8 Å². The van der Waals surface area contributed by atoms with Gasteiger partial charge in [-0.25, -0.2) is 4.98 Å². The third-order valence-electron chi connectivity index (χ3n) is 4.43. The SMILES string of the molecule is O=C(NCCCOc1cccc2cccnc12)c1cccc(OCc2cscn2)c1. The zero-order valence-corrected chi connectivity index (χ0v) is 17.1. The molecule has 7 heteroatoms. The van der Waals surface area contributed by atoms with E-state index in [2.05, 4.69) is 15.3 Å². The normalized spacial score (nSPS) is 10.7. The zero-order valence-electron chi connectivity index (χ0n) is 16.3. The smallest absolute Gasteiger partial charge is 0.251 e. The first kappa shape index (κ1) is 19.8. The average Bonchev–Trinajstić information content (AvgIpc) is 3.31. The summed E-state index contributed by atoms with van der Waals surface area (Å²) in [5, 5.41) is 5.90. The van der Waals surface area contributed by atoms with Crippen LogP contribution in [-0.4, -0.2) is 29.0 Å². The highest BCUT2D eigenvalue weighted by molar-refractivity contribution is 7.07. The van der Waals surface area contributed by atoms with Crippen molar-refractivity contribution in [1.29, 1.82) is 0 Å². The molecular weight excluding hydrogens is 398 g/mol. The zero-order chi connectivity index (χ0) is 20.6. The van der Waals surface area contributed by atoms with Gasteiger partial charge in [0.2, 0.25) is 0 Å². The summed E-state index contributed by atoms with van der Waals surface area (Å²) < 4.78 is 11.6. The Balaban J connectivity index is 1.23. The summed E-state index contributed by atoms with van der Waals surface area (Å²) in [7, 11) is 0. The van der Waals surface area contributed by atoms with Gasteiger partial charge in [-0.3, -0.25) is 9.78 Å². The van der Waals surface area contributed by atoms with Gasteiger partial charge in [-0.2, -0.15) is 0 Å². The Kier molecular flexibility index (Phi) is 6.51. The molecule has 152 valence electrons. The van der Waals surface area contributed by atoms with Gasteiger partial charge >= 0.3 is 0 Å². The molecule has 2 aromatic carbocycles. The largest absolute Gasteiger partial charge is 0.491 e. The number of para-hydroxylation sites is 1. The summed E-state index contributed by atoms with van der Waals surface area (Å²) in [5.74, 6) is 1.26. The second-order valence-electron chi connectivity index (χ2n) is 6.59. The summed E-state index contributed by atoms with van der Waals surface area (Å²) in [4.78, 5) is 21.0. The highest BCUT2D eigenvalue weighted by atomic mass is 32.1. The molecule has 4 aromatic rings. The van der Waals surface area contributed by atoms with Crippen molar-refractivity contribution in [2.75, 3.05) is 13.2 Å². The topological polar surface area (TPSA) is 73.3 Å². The molecule has 6 nitrogen and oxygen atoms in total. The maximum absolute atomic E-state index is 12.4. The highest BCUT2D eigenvalue weighted by Crippen LogP contribution is 2.23. The van der Waals surface area contributed by atoms with E-state index in [-0.39, 0.29) is 5.91 Å². The van der Waals surface area contributed by atoms with Crippen molar-refractivity contribution in [3.05, 3.63) is 82.9 Å². The van der Waals surface area contributed by atoms with Crippen LogP contribution in [-0.2, 0) is 6.61 Å². The molecule has 1 amide bonds. The van der Waals surface area contributed by atoms with E-state index in [1.54, 1.807) is 23.8 Å². The summed E-state index contributed by atoms with van der Waals surface area (Å²) >= 11 is 1.53. The Hall–Kier alpha value is -3.45. The van der Waals surface area contributed by atoms with E-state index in [1.165, 1.54) is 11.3 Å². The minimum atomic E-state index is -0.138. The first-order valence-corrected chi connectivity index (χ1v) is 10.6. The summed E-state index contributed by atoms with van der Waals surface area (Å²) in [6.07, 6.45) is 2.44. The number of nitrogens with one attached hydrogen (secondary N) is 1. The second kappa shape index (κ2) is 9.84. The van der Waals surface area contributed by atoms with Crippen LogP contribution >= 0.6 is 11.3 Å². The fraction of sp³-hybridized carbons (Fsp3) is 0.174. The second-order valence-corrected chi connectivity index (χ2v) is 7.30. The molecule has 0 aliphatic rings. The fourth-order valence-electron chi connectivity index (χ4n) is 2.94. The van der Waals surface area contributed by atoms with Crippen LogP contribution in [0.1, 0.15) is 22.5 Å². The van der Waals surface area contributed by atoms with Gasteiger partial charge < -0.3 is 14.8 Å². The molecule has 0 unspecified atom stereocenters. The number of aromatic nitrogens is 2. The Morgan fingerprint density at radius 2 is 1.93 bits per heavy atom. The van der Waals surface area contributed by atoms with Crippen LogP contribution in [0.15, 0.2) is 71.7 Å². The van der Waals surface area contributed by atoms with E-state index < -0.39 is 0 Å². The van der Waals surface area contributed by atoms with Crippen molar-refractivity contribution >= 4 is 28.1 Å². The molecular formula is C23H21N3O3S. The van der Waals surface area contributed by atoms with E-state index in [0.29, 0.717) is 37.5 Å². The minimum absolute atomic E-state index is 0.138. The lowest BCUT2D eigenvalue weighted by atomic mass is 10.2. The van der Waals surface area contributed by atoms with Crippen LogP contribution in [0.2, 0.25) is 0 Å². The fourth-order valence-corrected chi connectivity index (χ4v) is 3.49. The number of rotatable bonds is 9. The molecule has 0 aliphatic carbocycles. The number of carbonyl (C=O) groups excluding carboxylic acids is 1. The number of nitrogens with zero attached hydrogens (tertiary/aromatic N) is 2. The third kappa shape index (κ3) is 5.12. The Labute approximate surface area is 178 Å². The van der Waals surface area contributed by atoms with E-state index in [0.717, 1.165) is 22.3 Å². The van der Waals surface area contributed by atoms with E-state index in [4.69, 9.17) is 9.47 Å². The number of thiazole rings is 1. The van der Waals surface area contributed by atoms with Crippen molar-refractivity contribution in [2.24, 2.45) is 0 Å². The lowest BCUT2D eigenvalue weighted by Crippen LogP contribution is -2.25. The lowest BCUT2D eigenvalue weighted by molar-refractivity contribution is 0.0951. The van der Waals surface area contributed by atoms with Crippen molar-refractivity contribution < 1.29 is 14.3 Å². The number of fused-ring (bicyclic) bond motifs is 1. The predicted octanol–water partition coefficient (Wildman–Crippen LogP) is 4.47. The number of amides is 1. The van der Waals surface area contributed by atoms with Gasteiger partial charge in [0.25, 0.3) is 5.91 Å². The van der Waals surface area contributed by atoms with Crippen LogP contribution < -0.4 is 14.8 Å². The minimum Gasteiger partial charge on any atom is -0.491 e. The Bertz CT molecular complexity index is 1110. The number of ether oxygens (including phenoxy) is 2. The molecule has 0 bridgehead atoms. The van der Waals surface area contributed by atoms with E-state index in [9.17, 15) is 4.79 Å². The van der Waals surface area contributed by atoms with Crippen LogP contribution in [0.3, 0.4) is 0 Å². The van der Waals surface area contributed by atoms with E-state index >= 15 is 0 Å². The van der Waals surface area contributed by atoms with Crippen molar-refractivity contribution in [1.82, 2.24) is 15.3 Å². The molecule has 0 saturated heterocycles. The molecule has 0 atom stereocenters. The van der Waals surface area contributed by atoms with Gasteiger partial charge in [0.05, 0.1) is 17.8 Å². The number of carbonyl (C=O) groups is 1. The number of pyridine rings is 1. The molecule has 2 heterocycles. The lowest BCUT2D eigenvalue weighted by Gasteiger charge is -2.10. The van der Waals surface area contributed by atoms with Crippen LogP contribution in [0.4, 0.5) is 0 Å². The standard InChI is InChI=1S/C23H21N3O3S/c27-23(18-6-1-8-20(13-18)29-14-19-15-30-16-26-19)25-11-4-12-28-21-9-2-5-17-7-3-10-24-22(17)21/h1-3,5-10,13,15-16H,4,11-12,14H2,(H,25,27). The molecule has 0 aliphatic heterocycles. The first-order chi connectivity index (χ1) is 14.8. The molecule has 0 radical (unpaired) electrons. The summed E-state index contributed by atoms with van der Waals surface area (Å²) in [6, 6.07) is 16.9. The van der Waals surface area contributed by atoms with Gasteiger partial charge in [0.15, 0.2) is 0 Å². The Morgan fingerprint density at radius 3 is 2.83 bits per heavy atom. The van der Waals surface area contributed by atoms with Crippen molar-refractivity contribution in [3.63, 3.8) is 0 Å². The predicted molar refractivity (Wildman–Crippen MR) is 117 cm³/mol. The molecule has 0 saturated carbocycles. The van der Waals surface area contributed by atoms with Gasteiger partial charge in [0.1, 0.15) is 23.6 Å². The summed E-state index contributed by atoms with van der Waals surface area (Å²) in [5.41, 5.74) is 4.04. The first-order valence-electron chi connectivity index (χ1n) is 9.64. The van der Waals surface area contributed by atoms with Crippen LogP contribution in [0.5, 0.6) is 11.5 Å². The molecule has 0 spiro atoms.